The average Bonchev–Trinajstić information content (AvgIpc) is 2.40. The number of carbonyl (C=O) groups is 1. The average molecular weight is 363 g/mol. The minimum atomic E-state index is -0.838. The Hall–Kier alpha value is -1.18. The predicted molar refractivity (Wildman–Crippen MR) is 82.8 cm³/mol. The molecule has 0 heterocycles. The maximum atomic E-state index is 14.0. The Labute approximate surface area is 132 Å². The van der Waals surface area contributed by atoms with Crippen LogP contribution in [0.5, 0.6) is 0 Å². The third kappa shape index (κ3) is 5.61. The van der Waals surface area contributed by atoms with E-state index in [-0.39, 0.29) is 18.3 Å². The smallest absolute Gasteiger partial charge is 0.411 e. The van der Waals surface area contributed by atoms with Gasteiger partial charge in [0.2, 0.25) is 0 Å². The van der Waals surface area contributed by atoms with Crippen molar-refractivity contribution in [1.82, 2.24) is 5.32 Å². The summed E-state index contributed by atoms with van der Waals surface area (Å²) in [6.45, 7) is 6.08. The van der Waals surface area contributed by atoms with Crippen molar-refractivity contribution in [2.24, 2.45) is 0 Å². The van der Waals surface area contributed by atoms with Gasteiger partial charge in [0, 0.05) is 17.1 Å². The monoisotopic (exact) mass is 362 g/mol. The molecule has 1 atom stereocenters. The van der Waals surface area contributed by atoms with Gasteiger partial charge in [0.05, 0.1) is 18.4 Å². The molecule has 1 unspecified atom stereocenters. The van der Waals surface area contributed by atoms with Gasteiger partial charge in [0.15, 0.2) is 0 Å². The number of halogens is 2. The molecule has 0 spiro atoms. The van der Waals surface area contributed by atoms with Crippen molar-refractivity contribution in [2.75, 3.05) is 18.5 Å². The van der Waals surface area contributed by atoms with E-state index in [0.717, 1.165) is 0 Å². The van der Waals surface area contributed by atoms with E-state index in [4.69, 9.17) is 4.74 Å². The van der Waals surface area contributed by atoms with Gasteiger partial charge >= 0.3 is 6.09 Å². The van der Waals surface area contributed by atoms with Gasteiger partial charge in [0.1, 0.15) is 5.82 Å². The Morgan fingerprint density at radius 1 is 1.48 bits per heavy atom. The molecule has 5 nitrogen and oxygen atoms in total. The highest BCUT2D eigenvalue weighted by Crippen LogP contribution is 2.29. The van der Waals surface area contributed by atoms with Crippen LogP contribution in [0.2, 0.25) is 0 Å². The summed E-state index contributed by atoms with van der Waals surface area (Å²) in [5.41, 5.74) is 0.406. The van der Waals surface area contributed by atoms with Crippen LogP contribution in [0.1, 0.15) is 32.4 Å². The summed E-state index contributed by atoms with van der Waals surface area (Å²) >= 11 is 3.18. The van der Waals surface area contributed by atoms with Crippen molar-refractivity contribution in [1.29, 1.82) is 0 Å². The third-order valence-electron chi connectivity index (χ3n) is 2.67. The Morgan fingerprint density at radius 3 is 2.67 bits per heavy atom. The molecule has 118 valence electrons. The van der Waals surface area contributed by atoms with E-state index >= 15 is 0 Å². The van der Waals surface area contributed by atoms with E-state index in [0.29, 0.717) is 16.6 Å². The van der Waals surface area contributed by atoms with Crippen molar-refractivity contribution in [2.45, 2.75) is 32.9 Å². The van der Waals surface area contributed by atoms with Crippen LogP contribution in [-0.4, -0.2) is 30.4 Å². The summed E-state index contributed by atoms with van der Waals surface area (Å²) in [6, 6.07) is 2.98. The molecule has 0 aromatic heterocycles. The molecule has 0 saturated heterocycles. The van der Waals surface area contributed by atoms with Crippen molar-refractivity contribution < 1.29 is 19.0 Å². The van der Waals surface area contributed by atoms with Crippen LogP contribution >= 0.6 is 15.9 Å². The lowest BCUT2D eigenvalue weighted by atomic mass is 10.1. The van der Waals surface area contributed by atoms with Crippen LogP contribution in [0.3, 0.4) is 0 Å². The number of ether oxygens (including phenoxy) is 1. The minimum absolute atomic E-state index is 0.0128. The number of carbonyl (C=O) groups excluding carboxylic acids is 1. The maximum absolute atomic E-state index is 14.0. The van der Waals surface area contributed by atoms with Gasteiger partial charge in [-0.15, -0.1) is 0 Å². The van der Waals surface area contributed by atoms with Crippen molar-refractivity contribution in [3.8, 4) is 0 Å². The van der Waals surface area contributed by atoms with Gasteiger partial charge in [-0.2, -0.15) is 0 Å². The fourth-order valence-electron chi connectivity index (χ4n) is 1.64. The molecular formula is C14H20BrFN2O3. The van der Waals surface area contributed by atoms with E-state index in [1.165, 1.54) is 6.07 Å². The van der Waals surface area contributed by atoms with Gasteiger partial charge < -0.3 is 15.2 Å². The van der Waals surface area contributed by atoms with Gasteiger partial charge in [0.25, 0.3) is 0 Å². The number of amides is 1. The third-order valence-corrected chi connectivity index (χ3v) is 3.30. The van der Waals surface area contributed by atoms with Crippen LogP contribution in [0.25, 0.3) is 0 Å². The standard InChI is InChI=1S/C14H20BrFN2O3/c1-4-21-14(20)18-13-10(15)5-9(6-11(13)16)12(19)7-17-8(2)3/h5-6,8,12,17,19H,4,7H2,1-3H3,(H,18,20). The highest BCUT2D eigenvalue weighted by Gasteiger charge is 2.16. The Morgan fingerprint density at radius 2 is 2.14 bits per heavy atom. The van der Waals surface area contributed by atoms with Crippen LogP contribution in [0.4, 0.5) is 14.9 Å². The van der Waals surface area contributed by atoms with E-state index < -0.39 is 18.0 Å². The molecule has 0 aliphatic carbocycles. The minimum Gasteiger partial charge on any atom is -0.450 e. The van der Waals surface area contributed by atoms with Gasteiger partial charge in [-0.25, -0.2) is 9.18 Å². The molecule has 1 rings (SSSR count). The first-order valence-electron chi connectivity index (χ1n) is 6.69. The van der Waals surface area contributed by atoms with Gasteiger partial charge in [-0.3, -0.25) is 5.32 Å². The molecule has 0 aliphatic rings. The molecule has 1 aromatic carbocycles. The predicted octanol–water partition coefficient (Wildman–Crippen LogP) is 3.19. The summed E-state index contributed by atoms with van der Waals surface area (Å²) < 4.78 is 19.1. The largest absolute Gasteiger partial charge is 0.450 e. The topological polar surface area (TPSA) is 70.6 Å². The first-order chi connectivity index (χ1) is 9.85. The summed E-state index contributed by atoms with van der Waals surface area (Å²) in [7, 11) is 0. The zero-order chi connectivity index (χ0) is 16.0. The van der Waals surface area contributed by atoms with E-state index in [2.05, 4.69) is 26.6 Å². The summed E-state index contributed by atoms with van der Waals surface area (Å²) in [5, 5.41) is 15.4. The van der Waals surface area contributed by atoms with E-state index in [1.54, 1.807) is 13.0 Å². The van der Waals surface area contributed by atoms with Crippen molar-refractivity contribution >= 4 is 27.7 Å². The molecular weight excluding hydrogens is 343 g/mol. The first kappa shape index (κ1) is 17.9. The summed E-state index contributed by atoms with van der Waals surface area (Å²) in [5.74, 6) is -0.643. The Balaban J connectivity index is 2.86. The number of rotatable bonds is 6. The molecule has 0 bridgehead atoms. The summed E-state index contributed by atoms with van der Waals surface area (Å²) in [6.07, 6.45) is -1.57. The summed E-state index contributed by atoms with van der Waals surface area (Å²) in [4.78, 5) is 11.3. The first-order valence-corrected chi connectivity index (χ1v) is 7.48. The lowest BCUT2D eigenvalue weighted by Gasteiger charge is -2.16. The second-order valence-corrected chi connectivity index (χ2v) is 5.64. The van der Waals surface area contributed by atoms with Gasteiger partial charge in [-0.05, 0) is 40.5 Å². The number of benzene rings is 1. The molecule has 21 heavy (non-hydrogen) atoms. The fourth-order valence-corrected chi connectivity index (χ4v) is 2.19. The maximum Gasteiger partial charge on any atom is 0.411 e. The number of anilines is 1. The van der Waals surface area contributed by atoms with E-state index in [9.17, 15) is 14.3 Å². The molecule has 0 saturated carbocycles. The van der Waals surface area contributed by atoms with Crippen LogP contribution in [0, 0.1) is 5.82 Å². The molecule has 3 N–H and O–H groups in total. The number of aliphatic hydroxyl groups excluding tert-OH is 1. The lowest BCUT2D eigenvalue weighted by Crippen LogP contribution is -2.28. The number of aliphatic hydroxyl groups is 1. The number of nitrogens with one attached hydrogen (secondary N) is 2. The second kappa shape index (κ2) is 8.31. The molecule has 0 radical (unpaired) electrons. The van der Waals surface area contributed by atoms with Crippen molar-refractivity contribution in [3.05, 3.63) is 28.0 Å². The van der Waals surface area contributed by atoms with Crippen LogP contribution < -0.4 is 10.6 Å². The van der Waals surface area contributed by atoms with E-state index in [1.807, 2.05) is 13.8 Å². The number of hydrogen-bond acceptors (Lipinski definition) is 4. The molecule has 0 aliphatic heterocycles. The molecule has 1 amide bonds. The quantitative estimate of drug-likeness (QED) is 0.726. The fraction of sp³-hybridized carbons (Fsp3) is 0.500. The molecule has 1 aromatic rings. The molecule has 7 heteroatoms. The van der Waals surface area contributed by atoms with Crippen molar-refractivity contribution in [3.63, 3.8) is 0 Å². The zero-order valence-corrected chi connectivity index (χ0v) is 13.8. The number of hydrogen-bond donors (Lipinski definition) is 3. The van der Waals surface area contributed by atoms with Gasteiger partial charge in [-0.1, -0.05) is 13.8 Å². The highest BCUT2D eigenvalue weighted by molar-refractivity contribution is 9.10. The second-order valence-electron chi connectivity index (χ2n) is 4.78. The SMILES string of the molecule is CCOC(=O)Nc1c(F)cc(C(O)CNC(C)C)cc1Br. The lowest BCUT2D eigenvalue weighted by molar-refractivity contribution is 0.167. The van der Waals surface area contributed by atoms with Crippen LogP contribution in [0.15, 0.2) is 16.6 Å². The normalized spacial score (nSPS) is 12.3. The Kier molecular flexibility index (Phi) is 7.07. The zero-order valence-electron chi connectivity index (χ0n) is 12.2. The Bertz CT molecular complexity index is 474. The van der Waals surface area contributed by atoms with Crippen LogP contribution in [-0.2, 0) is 4.74 Å². The molecule has 0 fully saturated rings. The highest BCUT2D eigenvalue weighted by atomic mass is 79.9.